The Hall–Kier alpha value is -2.27. The van der Waals surface area contributed by atoms with Crippen molar-refractivity contribution >= 4 is 23.6 Å². The van der Waals surface area contributed by atoms with Gasteiger partial charge in [-0.05, 0) is 50.3 Å². The lowest BCUT2D eigenvalue weighted by Crippen LogP contribution is -2.51. The molecule has 0 radical (unpaired) electrons. The van der Waals surface area contributed by atoms with E-state index in [-0.39, 0.29) is 17.9 Å². The van der Waals surface area contributed by atoms with Gasteiger partial charge in [-0.1, -0.05) is 67.9 Å². The molecule has 31 heavy (non-hydrogen) atoms. The number of thioether (sulfide) groups is 1. The van der Waals surface area contributed by atoms with E-state index in [4.69, 9.17) is 0 Å². The Bertz CT molecular complexity index is 851. The van der Waals surface area contributed by atoms with Crippen molar-refractivity contribution < 1.29 is 9.59 Å². The second-order valence-electron chi connectivity index (χ2n) is 8.17. The van der Waals surface area contributed by atoms with Crippen LogP contribution in [0.15, 0.2) is 48.5 Å². The minimum Gasteiger partial charge on any atom is -0.352 e. The molecule has 0 aromatic heterocycles. The summed E-state index contributed by atoms with van der Waals surface area (Å²) >= 11 is 1.60. The molecule has 0 aliphatic carbocycles. The highest BCUT2D eigenvalue weighted by atomic mass is 32.2. The number of aryl methyl sites for hydroxylation is 2. The number of carbonyl (C=O) groups is 2. The van der Waals surface area contributed by atoms with Crippen molar-refractivity contribution in [3.8, 4) is 0 Å². The quantitative estimate of drug-likeness (QED) is 0.519. The van der Waals surface area contributed by atoms with Crippen molar-refractivity contribution in [2.75, 3.05) is 5.75 Å². The highest BCUT2D eigenvalue weighted by molar-refractivity contribution is 7.99. The number of hydrogen-bond donors (Lipinski definition) is 1. The Kier molecular flexibility index (Phi) is 10.1. The van der Waals surface area contributed by atoms with Gasteiger partial charge < -0.3 is 10.2 Å². The normalized spacial score (nSPS) is 12.8. The third kappa shape index (κ3) is 7.73. The molecule has 0 heterocycles. The molecule has 0 aliphatic heterocycles. The molecule has 2 amide bonds. The molecule has 5 heteroatoms. The highest BCUT2D eigenvalue weighted by Gasteiger charge is 2.29. The summed E-state index contributed by atoms with van der Waals surface area (Å²) in [6.45, 7) is 10.6. The van der Waals surface area contributed by atoms with Crippen molar-refractivity contribution in [2.45, 2.75) is 71.8 Å². The van der Waals surface area contributed by atoms with E-state index >= 15 is 0 Å². The second kappa shape index (κ2) is 12.6. The fourth-order valence-electron chi connectivity index (χ4n) is 3.36. The molecule has 0 aliphatic rings. The minimum absolute atomic E-state index is 0.00603. The van der Waals surface area contributed by atoms with Gasteiger partial charge in [0, 0.05) is 18.3 Å². The number of carbonyl (C=O) groups excluding carboxylic acids is 2. The maximum atomic E-state index is 13.3. The highest BCUT2D eigenvalue weighted by Crippen LogP contribution is 2.19. The van der Waals surface area contributed by atoms with Crippen LogP contribution in [0.4, 0.5) is 0 Å². The van der Waals surface area contributed by atoms with Crippen molar-refractivity contribution in [3.63, 3.8) is 0 Å². The number of benzene rings is 2. The Balaban J connectivity index is 2.14. The zero-order chi connectivity index (χ0) is 22.8. The molecule has 2 aromatic carbocycles. The van der Waals surface area contributed by atoms with Gasteiger partial charge in [0.15, 0.2) is 0 Å². The fraction of sp³-hybridized carbons (Fsp3) is 0.462. The van der Waals surface area contributed by atoms with E-state index < -0.39 is 6.04 Å². The molecule has 0 unspecified atom stereocenters. The Morgan fingerprint density at radius 3 is 2.29 bits per heavy atom. The third-order valence-corrected chi connectivity index (χ3v) is 6.59. The van der Waals surface area contributed by atoms with Crippen molar-refractivity contribution in [1.29, 1.82) is 0 Å². The van der Waals surface area contributed by atoms with Gasteiger partial charge in [0.2, 0.25) is 11.8 Å². The van der Waals surface area contributed by atoms with E-state index in [0.717, 1.165) is 23.3 Å². The van der Waals surface area contributed by atoms with Crippen LogP contribution >= 0.6 is 11.8 Å². The van der Waals surface area contributed by atoms with Gasteiger partial charge in [-0.3, -0.25) is 9.59 Å². The first-order valence-electron chi connectivity index (χ1n) is 11.1. The van der Waals surface area contributed by atoms with Gasteiger partial charge in [-0.15, -0.1) is 11.8 Å². The van der Waals surface area contributed by atoms with Gasteiger partial charge in [-0.25, -0.2) is 0 Å². The zero-order valence-electron chi connectivity index (χ0n) is 19.5. The molecular formula is C26H36N2O2S. The van der Waals surface area contributed by atoms with Crippen LogP contribution in [-0.4, -0.2) is 34.6 Å². The molecule has 0 fully saturated rings. The summed E-state index contributed by atoms with van der Waals surface area (Å²) in [5.41, 5.74) is 4.64. The average molecular weight is 441 g/mol. The molecule has 0 spiro atoms. The minimum atomic E-state index is -0.471. The number of rotatable bonds is 11. The van der Waals surface area contributed by atoms with Crippen LogP contribution in [0.5, 0.6) is 0 Å². The van der Waals surface area contributed by atoms with Crippen LogP contribution in [0.3, 0.4) is 0 Å². The zero-order valence-corrected chi connectivity index (χ0v) is 20.3. The lowest BCUT2D eigenvalue weighted by Gasteiger charge is -2.32. The summed E-state index contributed by atoms with van der Waals surface area (Å²) in [6, 6.07) is 16.1. The number of hydrogen-bond acceptors (Lipinski definition) is 3. The molecule has 1 N–H and O–H groups in total. The SMILES string of the molecule is CC[C@H](C(=O)N[C@@H](C)CC)N(Cc1ccccc1C)C(=O)CSCc1ccc(C)cc1. The van der Waals surface area contributed by atoms with Crippen LogP contribution in [-0.2, 0) is 21.9 Å². The standard InChI is InChI=1S/C26H36N2O2S/c1-6-21(5)27-26(30)24(7-2)28(16-23-11-9-8-10-20(23)4)25(29)18-31-17-22-14-12-19(3)13-15-22/h8-15,21,24H,6-7,16-18H2,1-5H3,(H,27,30)/t21-,24+/m0/s1. The lowest BCUT2D eigenvalue weighted by atomic mass is 10.1. The van der Waals surface area contributed by atoms with E-state index in [1.165, 1.54) is 11.1 Å². The number of nitrogens with zero attached hydrogens (tertiary/aromatic N) is 1. The molecule has 0 bridgehead atoms. The molecule has 2 atom stereocenters. The summed E-state index contributed by atoms with van der Waals surface area (Å²) in [5, 5.41) is 3.06. The second-order valence-corrected chi connectivity index (χ2v) is 9.15. The van der Waals surface area contributed by atoms with E-state index in [1.54, 1.807) is 16.7 Å². The van der Waals surface area contributed by atoms with Crippen LogP contribution in [0.25, 0.3) is 0 Å². The smallest absolute Gasteiger partial charge is 0.243 e. The summed E-state index contributed by atoms with van der Waals surface area (Å²) < 4.78 is 0. The summed E-state index contributed by atoms with van der Waals surface area (Å²) in [4.78, 5) is 28.0. The first-order chi connectivity index (χ1) is 14.8. The maximum absolute atomic E-state index is 13.3. The number of nitrogens with one attached hydrogen (secondary N) is 1. The molecule has 2 rings (SSSR count). The fourth-order valence-corrected chi connectivity index (χ4v) is 4.23. The van der Waals surface area contributed by atoms with Crippen molar-refractivity contribution in [3.05, 3.63) is 70.8 Å². The van der Waals surface area contributed by atoms with Gasteiger partial charge in [0.25, 0.3) is 0 Å². The van der Waals surface area contributed by atoms with Gasteiger partial charge in [0.05, 0.1) is 5.75 Å². The summed E-state index contributed by atoms with van der Waals surface area (Å²) in [7, 11) is 0. The van der Waals surface area contributed by atoms with E-state index in [9.17, 15) is 9.59 Å². The topological polar surface area (TPSA) is 49.4 Å². The first-order valence-corrected chi connectivity index (χ1v) is 12.3. The van der Waals surface area contributed by atoms with Gasteiger partial charge >= 0.3 is 0 Å². The van der Waals surface area contributed by atoms with Crippen LogP contribution in [0.1, 0.15) is 55.9 Å². The molecular weight excluding hydrogens is 404 g/mol. The van der Waals surface area contributed by atoms with Crippen LogP contribution in [0, 0.1) is 13.8 Å². The predicted octanol–water partition coefficient (Wildman–Crippen LogP) is 5.26. The first kappa shape index (κ1) is 25.0. The molecule has 0 saturated carbocycles. The maximum Gasteiger partial charge on any atom is 0.243 e. The average Bonchev–Trinajstić information content (AvgIpc) is 2.76. The third-order valence-electron chi connectivity index (χ3n) is 5.60. The van der Waals surface area contributed by atoms with Crippen molar-refractivity contribution in [1.82, 2.24) is 10.2 Å². The Labute approximate surface area is 191 Å². The van der Waals surface area contributed by atoms with E-state index in [0.29, 0.717) is 18.7 Å². The molecule has 2 aromatic rings. The molecule has 168 valence electrons. The number of amides is 2. The van der Waals surface area contributed by atoms with E-state index in [2.05, 4.69) is 36.5 Å². The monoisotopic (exact) mass is 440 g/mol. The van der Waals surface area contributed by atoms with Crippen LogP contribution < -0.4 is 5.32 Å². The predicted molar refractivity (Wildman–Crippen MR) is 131 cm³/mol. The van der Waals surface area contributed by atoms with Crippen LogP contribution in [0.2, 0.25) is 0 Å². The van der Waals surface area contributed by atoms with Gasteiger partial charge in [-0.2, -0.15) is 0 Å². The summed E-state index contributed by atoms with van der Waals surface area (Å²) in [5.74, 6) is 1.07. The molecule has 0 saturated heterocycles. The lowest BCUT2D eigenvalue weighted by molar-refractivity contribution is -0.139. The molecule has 4 nitrogen and oxygen atoms in total. The van der Waals surface area contributed by atoms with Crippen molar-refractivity contribution in [2.24, 2.45) is 0 Å². The summed E-state index contributed by atoms with van der Waals surface area (Å²) in [6.07, 6.45) is 1.45. The Morgan fingerprint density at radius 1 is 1.00 bits per heavy atom. The Morgan fingerprint density at radius 2 is 1.68 bits per heavy atom. The largest absolute Gasteiger partial charge is 0.352 e. The van der Waals surface area contributed by atoms with Gasteiger partial charge in [0.1, 0.15) is 6.04 Å². The van der Waals surface area contributed by atoms with E-state index in [1.807, 2.05) is 52.0 Å².